The van der Waals surface area contributed by atoms with E-state index >= 15 is 0 Å². The Morgan fingerprint density at radius 2 is 2.00 bits per heavy atom. The first-order valence-electron chi connectivity index (χ1n) is 4.95. The highest BCUT2D eigenvalue weighted by Gasteiger charge is 2.16. The highest BCUT2D eigenvalue weighted by Crippen LogP contribution is 2.25. The summed E-state index contributed by atoms with van der Waals surface area (Å²) in [6, 6.07) is 2.79. The summed E-state index contributed by atoms with van der Waals surface area (Å²) in [4.78, 5) is 5.78. The second-order valence-electron chi connectivity index (χ2n) is 3.47. The van der Waals surface area contributed by atoms with E-state index in [1.54, 1.807) is 6.07 Å². The molecule has 88 valence electrons. The van der Waals surface area contributed by atoms with Gasteiger partial charge in [0.2, 0.25) is 0 Å². The Hall–Kier alpha value is -0.940. The summed E-state index contributed by atoms with van der Waals surface area (Å²) in [5.41, 5.74) is -0.283. The van der Waals surface area contributed by atoms with E-state index in [1.165, 1.54) is 6.07 Å². The van der Waals surface area contributed by atoms with Gasteiger partial charge < -0.3 is 9.64 Å². The van der Waals surface area contributed by atoms with Crippen molar-refractivity contribution < 1.29 is 13.5 Å². The van der Waals surface area contributed by atoms with Gasteiger partial charge in [-0.15, -0.1) is 0 Å². The van der Waals surface area contributed by atoms with Gasteiger partial charge in [0, 0.05) is 18.1 Å². The number of hydrogen-bond donors (Lipinski definition) is 0. The fraction of sp³-hybridized carbons (Fsp3) is 0.500. The Morgan fingerprint density at radius 1 is 1.31 bits per heavy atom. The van der Waals surface area contributed by atoms with Gasteiger partial charge in [0.15, 0.2) is 0 Å². The first-order valence-corrected chi connectivity index (χ1v) is 5.33. The van der Waals surface area contributed by atoms with Crippen molar-refractivity contribution in [2.75, 3.05) is 31.2 Å². The third-order valence-corrected chi connectivity index (χ3v) is 2.57. The van der Waals surface area contributed by atoms with Gasteiger partial charge in [0.25, 0.3) is 6.43 Å². The van der Waals surface area contributed by atoms with Gasteiger partial charge >= 0.3 is 0 Å². The Morgan fingerprint density at radius 3 is 2.62 bits per heavy atom. The van der Waals surface area contributed by atoms with Crippen LogP contribution in [0.25, 0.3) is 0 Å². The molecule has 3 nitrogen and oxygen atoms in total. The zero-order chi connectivity index (χ0) is 11.5. The Kier molecular flexibility index (Phi) is 3.56. The summed E-state index contributed by atoms with van der Waals surface area (Å²) in [5, 5.41) is 0.284. The molecule has 0 spiro atoms. The number of aromatic nitrogens is 1. The number of morpholine rings is 1. The van der Waals surface area contributed by atoms with E-state index in [-0.39, 0.29) is 10.7 Å². The van der Waals surface area contributed by atoms with Crippen LogP contribution in [0, 0.1) is 0 Å². The fourth-order valence-corrected chi connectivity index (χ4v) is 1.78. The Balaban J connectivity index is 2.25. The maximum absolute atomic E-state index is 12.5. The number of nitrogens with zero attached hydrogens (tertiary/aromatic N) is 2. The molecule has 0 atom stereocenters. The molecule has 1 saturated heterocycles. The van der Waals surface area contributed by atoms with E-state index in [0.29, 0.717) is 32.1 Å². The Labute approximate surface area is 97.0 Å². The molecule has 6 heteroatoms. The summed E-state index contributed by atoms with van der Waals surface area (Å²) >= 11 is 5.78. The minimum Gasteiger partial charge on any atom is -0.378 e. The molecule has 1 aromatic rings. The van der Waals surface area contributed by atoms with Crippen LogP contribution in [0.2, 0.25) is 5.02 Å². The van der Waals surface area contributed by atoms with Crippen LogP contribution in [-0.2, 0) is 4.74 Å². The van der Waals surface area contributed by atoms with E-state index in [2.05, 4.69) is 4.98 Å². The smallest absolute Gasteiger partial charge is 0.280 e. The standard InChI is InChI=1S/C10H11ClF2N2O/c11-7-5-8(10(12)13)14-9(6-7)15-1-3-16-4-2-15/h5-6,10H,1-4H2. The number of ether oxygens (including phenoxy) is 1. The minimum atomic E-state index is -2.60. The minimum absolute atomic E-state index is 0.283. The molecule has 0 aromatic carbocycles. The van der Waals surface area contributed by atoms with Crippen molar-refractivity contribution in [1.29, 1.82) is 0 Å². The molecule has 0 amide bonds. The zero-order valence-electron chi connectivity index (χ0n) is 8.50. The summed E-state index contributed by atoms with van der Waals surface area (Å²) < 4.78 is 30.2. The van der Waals surface area contributed by atoms with Crippen LogP contribution in [0.1, 0.15) is 12.1 Å². The van der Waals surface area contributed by atoms with Gasteiger partial charge in [-0.2, -0.15) is 0 Å². The van der Waals surface area contributed by atoms with Crippen molar-refractivity contribution in [1.82, 2.24) is 4.98 Å². The molecule has 2 heterocycles. The summed E-state index contributed by atoms with van der Waals surface area (Å²) in [5.74, 6) is 0.492. The third kappa shape index (κ3) is 2.59. The van der Waals surface area contributed by atoms with Crippen molar-refractivity contribution >= 4 is 17.4 Å². The number of hydrogen-bond acceptors (Lipinski definition) is 3. The largest absolute Gasteiger partial charge is 0.378 e. The van der Waals surface area contributed by atoms with Gasteiger partial charge in [0.05, 0.1) is 13.2 Å². The van der Waals surface area contributed by atoms with Gasteiger partial charge in [0.1, 0.15) is 11.5 Å². The van der Waals surface area contributed by atoms with Gasteiger partial charge in [-0.3, -0.25) is 0 Å². The molecule has 1 aromatic heterocycles. The monoisotopic (exact) mass is 248 g/mol. The molecule has 0 N–H and O–H groups in total. The van der Waals surface area contributed by atoms with Crippen molar-refractivity contribution in [2.45, 2.75) is 6.43 Å². The van der Waals surface area contributed by atoms with Crippen LogP contribution < -0.4 is 4.90 Å². The van der Waals surface area contributed by atoms with Crippen LogP contribution in [0.15, 0.2) is 12.1 Å². The van der Waals surface area contributed by atoms with Gasteiger partial charge in [-0.25, -0.2) is 13.8 Å². The van der Waals surface area contributed by atoms with Crippen LogP contribution >= 0.6 is 11.6 Å². The van der Waals surface area contributed by atoms with Crippen molar-refractivity contribution in [3.05, 3.63) is 22.8 Å². The van der Waals surface area contributed by atoms with Crippen molar-refractivity contribution in [3.8, 4) is 0 Å². The highest BCUT2D eigenvalue weighted by molar-refractivity contribution is 6.30. The lowest BCUT2D eigenvalue weighted by molar-refractivity contribution is 0.122. The van der Waals surface area contributed by atoms with E-state index in [9.17, 15) is 8.78 Å². The second-order valence-corrected chi connectivity index (χ2v) is 3.90. The molecule has 0 unspecified atom stereocenters. The first-order chi connectivity index (χ1) is 7.66. The van der Waals surface area contributed by atoms with Crippen LogP contribution in [0.3, 0.4) is 0 Å². The average molecular weight is 249 g/mol. The SMILES string of the molecule is FC(F)c1cc(Cl)cc(N2CCOCC2)n1. The molecular weight excluding hydrogens is 238 g/mol. The number of rotatable bonds is 2. The second kappa shape index (κ2) is 4.93. The average Bonchev–Trinajstić information content (AvgIpc) is 2.29. The fourth-order valence-electron chi connectivity index (χ4n) is 1.57. The molecule has 0 bridgehead atoms. The molecule has 2 rings (SSSR count). The van der Waals surface area contributed by atoms with Crippen LogP contribution in [0.4, 0.5) is 14.6 Å². The quantitative estimate of drug-likeness (QED) is 0.804. The van der Waals surface area contributed by atoms with E-state index in [0.717, 1.165) is 0 Å². The predicted molar refractivity (Wildman–Crippen MR) is 57.2 cm³/mol. The third-order valence-electron chi connectivity index (χ3n) is 2.36. The van der Waals surface area contributed by atoms with Gasteiger partial charge in [-0.1, -0.05) is 11.6 Å². The molecule has 0 saturated carbocycles. The maximum atomic E-state index is 12.5. The Bertz CT molecular complexity index is 370. The number of alkyl halides is 2. The maximum Gasteiger partial charge on any atom is 0.280 e. The number of anilines is 1. The molecular formula is C10H11ClF2N2O. The van der Waals surface area contributed by atoms with E-state index < -0.39 is 6.43 Å². The molecule has 1 aliphatic rings. The van der Waals surface area contributed by atoms with E-state index in [4.69, 9.17) is 16.3 Å². The van der Waals surface area contributed by atoms with E-state index in [1.807, 2.05) is 4.90 Å². The van der Waals surface area contributed by atoms with Crippen LogP contribution in [-0.4, -0.2) is 31.3 Å². The molecule has 0 radical (unpaired) electrons. The molecule has 1 fully saturated rings. The predicted octanol–water partition coefficient (Wildman–Crippen LogP) is 2.51. The van der Waals surface area contributed by atoms with Crippen molar-refractivity contribution in [2.24, 2.45) is 0 Å². The number of halogens is 3. The normalized spacial score (nSPS) is 16.9. The zero-order valence-corrected chi connectivity index (χ0v) is 9.25. The summed E-state index contributed by atoms with van der Waals surface area (Å²) in [6.07, 6.45) is -2.60. The lowest BCUT2D eigenvalue weighted by atomic mass is 10.3. The lowest BCUT2D eigenvalue weighted by Gasteiger charge is -2.28. The summed E-state index contributed by atoms with van der Waals surface area (Å²) in [7, 11) is 0. The number of pyridine rings is 1. The van der Waals surface area contributed by atoms with Crippen LogP contribution in [0.5, 0.6) is 0 Å². The van der Waals surface area contributed by atoms with Crippen molar-refractivity contribution in [3.63, 3.8) is 0 Å². The first kappa shape index (κ1) is 11.5. The molecule has 16 heavy (non-hydrogen) atoms. The molecule has 0 aliphatic carbocycles. The lowest BCUT2D eigenvalue weighted by Crippen LogP contribution is -2.36. The highest BCUT2D eigenvalue weighted by atomic mass is 35.5. The topological polar surface area (TPSA) is 25.4 Å². The molecule has 1 aliphatic heterocycles. The summed E-state index contributed by atoms with van der Waals surface area (Å²) in [6.45, 7) is 2.46. The van der Waals surface area contributed by atoms with Gasteiger partial charge in [-0.05, 0) is 12.1 Å².